The van der Waals surface area contributed by atoms with Crippen molar-refractivity contribution >= 4 is 11.4 Å². The van der Waals surface area contributed by atoms with E-state index in [0.29, 0.717) is 0 Å². The molecule has 0 heterocycles. The van der Waals surface area contributed by atoms with Gasteiger partial charge in [-0.3, -0.25) is 4.79 Å². The maximum atomic E-state index is 12.9. The number of Topliss-reactive ketones (excluding diaryl/α,β-unsaturated/α-hetero) is 1. The number of fused-ring (bicyclic) bond motifs is 2. The van der Waals surface area contributed by atoms with Gasteiger partial charge in [0.2, 0.25) is 5.78 Å². The van der Waals surface area contributed by atoms with Crippen LogP contribution in [-0.4, -0.2) is 25.8 Å². The summed E-state index contributed by atoms with van der Waals surface area (Å²) in [4.78, 5) is 12.9. The largest absolute Gasteiger partial charge is 0.343 e. The minimum absolute atomic E-state index is 0.0387. The van der Waals surface area contributed by atoms with Crippen molar-refractivity contribution in [2.45, 2.75) is 31.0 Å². The fraction of sp³-hybridized carbons (Fsp3) is 0.438. The van der Waals surface area contributed by atoms with E-state index in [2.05, 4.69) is 6.07 Å². The highest BCUT2D eigenvalue weighted by molar-refractivity contribution is 6.11. The van der Waals surface area contributed by atoms with E-state index < -0.39 is 11.2 Å². The van der Waals surface area contributed by atoms with Crippen molar-refractivity contribution in [1.82, 2.24) is 0 Å². The minimum Gasteiger partial charge on any atom is -0.343 e. The molecule has 3 nitrogen and oxygen atoms in total. The molecule has 0 bridgehead atoms. The highest BCUT2D eigenvalue weighted by Crippen LogP contribution is 2.58. The van der Waals surface area contributed by atoms with Gasteiger partial charge in [-0.1, -0.05) is 30.3 Å². The second-order valence-corrected chi connectivity index (χ2v) is 5.18. The molecular formula is C16H18O3. The van der Waals surface area contributed by atoms with Crippen molar-refractivity contribution in [3.05, 3.63) is 41.5 Å². The number of ether oxygens (including phenoxy) is 2. The number of methoxy groups -OCH3 is 2. The molecule has 3 heteroatoms. The zero-order valence-electron chi connectivity index (χ0n) is 11.5. The smallest absolute Gasteiger partial charge is 0.257 e. The maximum Gasteiger partial charge on any atom is 0.257 e. The molecule has 0 N–H and O–H groups in total. The van der Waals surface area contributed by atoms with Crippen LogP contribution in [0, 0.1) is 0 Å². The minimum atomic E-state index is -1.25. The molecule has 0 atom stereocenters. The summed E-state index contributed by atoms with van der Waals surface area (Å²) in [5, 5.41) is 0. The van der Waals surface area contributed by atoms with Gasteiger partial charge in [-0.2, -0.15) is 0 Å². The van der Waals surface area contributed by atoms with Gasteiger partial charge in [-0.05, 0) is 30.9 Å². The topological polar surface area (TPSA) is 35.5 Å². The van der Waals surface area contributed by atoms with Crippen LogP contribution in [0.2, 0.25) is 0 Å². The summed E-state index contributed by atoms with van der Waals surface area (Å²) in [6, 6.07) is 8.08. The van der Waals surface area contributed by atoms with Gasteiger partial charge in [-0.15, -0.1) is 0 Å². The van der Waals surface area contributed by atoms with Crippen LogP contribution < -0.4 is 0 Å². The predicted molar refractivity (Wildman–Crippen MR) is 72.8 cm³/mol. The number of benzene rings is 1. The van der Waals surface area contributed by atoms with E-state index in [-0.39, 0.29) is 5.78 Å². The Morgan fingerprint density at radius 3 is 2.32 bits per heavy atom. The summed E-state index contributed by atoms with van der Waals surface area (Å²) in [5.41, 5.74) is 2.62. The van der Waals surface area contributed by atoms with Gasteiger partial charge in [0, 0.05) is 19.8 Å². The summed E-state index contributed by atoms with van der Waals surface area (Å²) >= 11 is 0. The molecule has 1 aromatic carbocycles. The molecule has 19 heavy (non-hydrogen) atoms. The monoisotopic (exact) mass is 258 g/mol. The van der Waals surface area contributed by atoms with Crippen molar-refractivity contribution in [1.29, 1.82) is 0 Å². The Bertz CT molecular complexity index is 563. The molecule has 1 spiro atoms. The van der Waals surface area contributed by atoms with Crippen LogP contribution in [0.15, 0.2) is 30.3 Å². The van der Waals surface area contributed by atoms with Crippen molar-refractivity contribution in [3.63, 3.8) is 0 Å². The van der Waals surface area contributed by atoms with Crippen molar-refractivity contribution in [2.75, 3.05) is 14.2 Å². The van der Waals surface area contributed by atoms with Crippen LogP contribution in [0.3, 0.4) is 0 Å². The van der Waals surface area contributed by atoms with E-state index in [9.17, 15) is 4.79 Å². The molecule has 100 valence electrons. The van der Waals surface area contributed by atoms with E-state index in [1.165, 1.54) is 14.2 Å². The van der Waals surface area contributed by atoms with Crippen LogP contribution in [0.5, 0.6) is 0 Å². The fourth-order valence-electron chi connectivity index (χ4n) is 3.33. The summed E-state index contributed by atoms with van der Waals surface area (Å²) in [6.45, 7) is 1.91. The fourth-order valence-corrected chi connectivity index (χ4v) is 3.33. The van der Waals surface area contributed by atoms with E-state index in [1.807, 2.05) is 31.2 Å². The van der Waals surface area contributed by atoms with Crippen LogP contribution in [0.1, 0.15) is 30.9 Å². The molecule has 0 saturated heterocycles. The third kappa shape index (κ3) is 1.37. The zero-order chi connectivity index (χ0) is 13.7. The molecule has 1 aromatic rings. The van der Waals surface area contributed by atoms with Crippen LogP contribution >= 0.6 is 0 Å². The molecule has 2 aliphatic carbocycles. The number of ketones is 1. The van der Waals surface area contributed by atoms with Gasteiger partial charge in [-0.25, -0.2) is 0 Å². The molecule has 0 aliphatic heterocycles. The molecule has 0 radical (unpaired) electrons. The molecular weight excluding hydrogens is 240 g/mol. The van der Waals surface area contributed by atoms with Crippen molar-refractivity contribution in [3.8, 4) is 0 Å². The summed E-state index contributed by atoms with van der Waals surface area (Å²) < 4.78 is 11.1. The second kappa shape index (κ2) is 4.02. The second-order valence-electron chi connectivity index (χ2n) is 5.18. The lowest BCUT2D eigenvalue weighted by Crippen LogP contribution is -2.52. The lowest BCUT2D eigenvalue weighted by molar-refractivity contribution is -0.185. The Morgan fingerprint density at radius 1 is 1.16 bits per heavy atom. The Balaban J connectivity index is 2.31. The van der Waals surface area contributed by atoms with E-state index in [4.69, 9.17) is 9.47 Å². The molecule has 3 rings (SSSR count). The number of hydrogen-bond acceptors (Lipinski definition) is 3. The average molecular weight is 258 g/mol. The molecule has 1 saturated carbocycles. The first-order chi connectivity index (χ1) is 9.16. The third-order valence-corrected chi connectivity index (χ3v) is 4.43. The standard InChI is InChI=1S/C16H18O3/c1-4-12-11-7-5-6-8-13(11)15(9-10-15)14(17)16(12,18-2)19-3/h4-8H,9-10H2,1-3H3/b12-4+. The van der Waals surface area contributed by atoms with E-state index >= 15 is 0 Å². The Labute approximate surface area is 113 Å². The van der Waals surface area contributed by atoms with Gasteiger partial charge in [0.1, 0.15) is 0 Å². The van der Waals surface area contributed by atoms with Crippen LogP contribution in [0.25, 0.3) is 5.57 Å². The highest BCUT2D eigenvalue weighted by atomic mass is 16.7. The van der Waals surface area contributed by atoms with E-state index in [1.54, 1.807) is 0 Å². The molecule has 1 fully saturated rings. The van der Waals surface area contributed by atoms with Gasteiger partial charge < -0.3 is 9.47 Å². The van der Waals surface area contributed by atoms with Gasteiger partial charge in [0.25, 0.3) is 5.79 Å². The van der Waals surface area contributed by atoms with Gasteiger partial charge in [0.15, 0.2) is 0 Å². The molecule has 0 amide bonds. The predicted octanol–water partition coefficient (Wildman–Crippen LogP) is 2.69. The number of carbonyl (C=O) groups is 1. The molecule has 0 aromatic heterocycles. The van der Waals surface area contributed by atoms with Crippen molar-refractivity contribution < 1.29 is 14.3 Å². The normalized spacial score (nSPS) is 24.6. The summed E-state index contributed by atoms with van der Waals surface area (Å²) in [6.07, 6.45) is 3.68. The lowest BCUT2D eigenvalue weighted by atomic mass is 9.72. The number of rotatable bonds is 2. The number of allylic oxidation sites excluding steroid dienone is 1. The zero-order valence-corrected chi connectivity index (χ0v) is 11.5. The Kier molecular flexibility index (Phi) is 2.66. The van der Waals surface area contributed by atoms with Crippen LogP contribution in [0.4, 0.5) is 0 Å². The summed E-state index contributed by atoms with van der Waals surface area (Å²) in [7, 11) is 3.07. The van der Waals surface area contributed by atoms with E-state index in [0.717, 1.165) is 29.5 Å². The SMILES string of the molecule is C/C=C1\c2ccccc2C2(CC2)C(=O)C1(OC)OC. The lowest BCUT2D eigenvalue weighted by Gasteiger charge is -2.40. The van der Waals surface area contributed by atoms with Crippen LogP contribution in [-0.2, 0) is 19.7 Å². The first kappa shape index (κ1) is 12.6. The molecule has 0 unspecified atom stereocenters. The highest BCUT2D eigenvalue weighted by Gasteiger charge is 2.64. The first-order valence-electron chi connectivity index (χ1n) is 6.58. The Morgan fingerprint density at radius 2 is 1.79 bits per heavy atom. The quantitative estimate of drug-likeness (QED) is 0.765. The Hall–Kier alpha value is -1.45. The van der Waals surface area contributed by atoms with Crippen molar-refractivity contribution in [2.24, 2.45) is 0 Å². The first-order valence-corrected chi connectivity index (χ1v) is 6.58. The number of carbonyl (C=O) groups excluding carboxylic acids is 1. The number of hydrogen-bond donors (Lipinski definition) is 0. The maximum absolute atomic E-state index is 12.9. The summed E-state index contributed by atoms with van der Waals surface area (Å²) in [5.74, 6) is -1.21. The third-order valence-electron chi connectivity index (χ3n) is 4.43. The van der Waals surface area contributed by atoms with Gasteiger partial charge >= 0.3 is 0 Å². The van der Waals surface area contributed by atoms with Gasteiger partial charge in [0.05, 0.1) is 5.41 Å². The molecule has 2 aliphatic rings. The average Bonchev–Trinajstić information content (AvgIpc) is 3.25.